The van der Waals surface area contributed by atoms with Gasteiger partial charge in [0.2, 0.25) is 5.91 Å². The second-order valence-corrected chi connectivity index (χ2v) is 7.76. The first-order valence-electron chi connectivity index (χ1n) is 10.1. The minimum atomic E-state index is -4.61. The van der Waals surface area contributed by atoms with E-state index in [1.165, 1.54) is 24.3 Å². The van der Waals surface area contributed by atoms with Crippen LogP contribution in [0.2, 0.25) is 0 Å². The van der Waals surface area contributed by atoms with Crippen LogP contribution in [0.4, 0.5) is 27.6 Å². The fourth-order valence-electron chi connectivity index (χ4n) is 3.60. The fourth-order valence-corrected chi connectivity index (χ4v) is 3.60. The summed E-state index contributed by atoms with van der Waals surface area (Å²) < 4.78 is 65.9. The topological polar surface area (TPSA) is 118 Å². The number of anilines is 1. The number of hydrogen-bond acceptors (Lipinski definition) is 5. The van der Waals surface area contributed by atoms with Crippen molar-refractivity contribution in [3.05, 3.63) is 84.2 Å². The van der Waals surface area contributed by atoms with E-state index in [0.29, 0.717) is 11.1 Å². The number of pyridine rings is 1. The Labute approximate surface area is 197 Å². The number of aromatic nitrogens is 1. The lowest BCUT2D eigenvalue weighted by Gasteiger charge is -2.19. The van der Waals surface area contributed by atoms with Crippen molar-refractivity contribution < 1.29 is 26.7 Å². The molecule has 0 saturated heterocycles. The van der Waals surface area contributed by atoms with E-state index in [9.17, 15) is 26.7 Å². The van der Waals surface area contributed by atoms with E-state index in [1.54, 1.807) is 0 Å². The maximum Gasteiger partial charge on any atom is 0.433 e. The first kappa shape index (κ1) is 25.6. The molecule has 12 heteroatoms. The van der Waals surface area contributed by atoms with E-state index >= 15 is 0 Å². The highest BCUT2D eigenvalue weighted by molar-refractivity contribution is 6.06. The van der Waals surface area contributed by atoms with Crippen molar-refractivity contribution in [2.75, 3.05) is 5.32 Å². The molecule has 1 fully saturated rings. The highest BCUT2D eigenvalue weighted by Gasteiger charge is 2.54. The summed E-state index contributed by atoms with van der Waals surface area (Å²) in [5.74, 6) is 8.34. The summed E-state index contributed by atoms with van der Waals surface area (Å²) in [7, 11) is 0. The molecule has 0 radical (unpaired) electrons. The van der Waals surface area contributed by atoms with Gasteiger partial charge in [0.15, 0.2) is 5.84 Å². The van der Waals surface area contributed by atoms with Crippen LogP contribution in [0.5, 0.6) is 0 Å². The van der Waals surface area contributed by atoms with Crippen molar-refractivity contribution >= 4 is 17.4 Å². The first-order valence-corrected chi connectivity index (χ1v) is 10.1. The number of rotatable bonds is 7. The van der Waals surface area contributed by atoms with Crippen LogP contribution in [0.3, 0.4) is 0 Å². The Morgan fingerprint density at radius 1 is 1.17 bits per heavy atom. The van der Waals surface area contributed by atoms with Gasteiger partial charge in [0, 0.05) is 28.6 Å². The number of allylic oxidation sites excluding steroid dienone is 3. The summed E-state index contributed by atoms with van der Waals surface area (Å²) in [5.41, 5.74) is 0.808. The van der Waals surface area contributed by atoms with Crippen molar-refractivity contribution in [1.82, 2.24) is 10.4 Å². The summed E-state index contributed by atoms with van der Waals surface area (Å²) in [6.45, 7) is 6.25. The molecule has 1 aromatic heterocycles. The number of amidine groups is 1. The average molecular weight is 492 g/mol. The predicted molar refractivity (Wildman–Crippen MR) is 122 cm³/mol. The summed E-state index contributed by atoms with van der Waals surface area (Å²) >= 11 is 0. The van der Waals surface area contributed by atoms with Crippen LogP contribution < -0.4 is 22.4 Å². The highest BCUT2D eigenvalue weighted by atomic mass is 19.4. The molecule has 3 rings (SSSR count). The van der Waals surface area contributed by atoms with Gasteiger partial charge in [0.05, 0.1) is 5.41 Å². The van der Waals surface area contributed by atoms with Crippen molar-refractivity contribution in [3.8, 4) is 11.1 Å². The number of alkyl halides is 3. The van der Waals surface area contributed by atoms with Crippen LogP contribution in [0.1, 0.15) is 24.1 Å². The Hall–Kier alpha value is -4.06. The second-order valence-electron chi connectivity index (χ2n) is 7.76. The van der Waals surface area contributed by atoms with Crippen LogP contribution in [-0.2, 0) is 11.0 Å². The molecule has 1 amide bonds. The zero-order valence-electron chi connectivity index (χ0n) is 18.2. The molecule has 184 valence electrons. The number of hydrazine groups is 1. The monoisotopic (exact) mass is 492 g/mol. The molecular weight excluding hydrogens is 471 g/mol. The Morgan fingerprint density at radius 3 is 2.31 bits per heavy atom. The van der Waals surface area contributed by atoms with Crippen LogP contribution in [0, 0.1) is 5.41 Å². The molecule has 0 bridgehead atoms. The number of carbonyl (C=O) groups is 1. The number of carbonyl (C=O) groups excluding carboxylic acids is 1. The molecule has 0 atom stereocenters. The van der Waals surface area contributed by atoms with Gasteiger partial charge in [0.25, 0.3) is 0 Å². The lowest BCUT2D eigenvalue weighted by molar-refractivity contribution is -0.141. The van der Waals surface area contributed by atoms with E-state index in [4.69, 9.17) is 11.7 Å². The maximum absolute atomic E-state index is 14.0. The third kappa shape index (κ3) is 5.38. The third-order valence-corrected chi connectivity index (χ3v) is 5.46. The van der Waals surface area contributed by atoms with Crippen molar-refractivity contribution in [2.24, 2.45) is 22.2 Å². The smallest absolute Gasteiger partial charge is 0.325 e. The average Bonchev–Trinajstić information content (AvgIpc) is 3.60. The summed E-state index contributed by atoms with van der Waals surface area (Å²) in [6.07, 6.45) is -2.22. The van der Waals surface area contributed by atoms with E-state index in [0.717, 1.165) is 18.3 Å². The SMILES string of the molecule is C=C(F)/C=C(\C(=C)F)C1(C(=O)Nc2ccc(-c3ccc(C(F)(F)F)nc3)c(/C(=N/N)NN)c2)CC1. The van der Waals surface area contributed by atoms with Crippen molar-refractivity contribution in [2.45, 2.75) is 19.0 Å². The molecule has 0 unspecified atom stereocenters. The van der Waals surface area contributed by atoms with Crippen LogP contribution >= 0.6 is 0 Å². The summed E-state index contributed by atoms with van der Waals surface area (Å²) in [6, 6.07) is 6.42. The number of benzene rings is 1. The summed E-state index contributed by atoms with van der Waals surface area (Å²) in [4.78, 5) is 16.5. The van der Waals surface area contributed by atoms with Gasteiger partial charge >= 0.3 is 6.18 Å². The number of nitrogens with one attached hydrogen (secondary N) is 2. The van der Waals surface area contributed by atoms with Gasteiger partial charge in [-0.15, -0.1) is 0 Å². The van der Waals surface area contributed by atoms with Gasteiger partial charge in [-0.05, 0) is 42.7 Å². The molecule has 0 aliphatic heterocycles. The number of hydrogen-bond donors (Lipinski definition) is 4. The van der Waals surface area contributed by atoms with Crippen LogP contribution in [0.15, 0.2) is 78.1 Å². The third-order valence-electron chi connectivity index (χ3n) is 5.46. The van der Waals surface area contributed by atoms with Crippen LogP contribution in [0.25, 0.3) is 11.1 Å². The zero-order valence-corrected chi connectivity index (χ0v) is 18.2. The van der Waals surface area contributed by atoms with E-state index in [2.05, 4.69) is 34.0 Å². The lowest BCUT2D eigenvalue weighted by Crippen LogP contribution is -2.32. The minimum Gasteiger partial charge on any atom is -0.325 e. The largest absolute Gasteiger partial charge is 0.433 e. The lowest BCUT2D eigenvalue weighted by atomic mass is 9.92. The predicted octanol–water partition coefficient (Wildman–Crippen LogP) is 4.46. The van der Waals surface area contributed by atoms with Gasteiger partial charge in [0.1, 0.15) is 17.3 Å². The molecule has 6 N–H and O–H groups in total. The van der Waals surface area contributed by atoms with Gasteiger partial charge in [-0.1, -0.05) is 25.3 Å². The number of halogens is 5. The molecule has 7 nitrogen and oxygen atoms in total. The van der Waals surface area contributed by atoms with Gasteiger partial charge in [-0.3, -0.25) is 9.78 Å². The van der Waals surface area contributed by atoms with Gasteiger partial charge < -0.3 is 16.6 Å². The normalized spacial score (nSPS) is 15.4. The highest BCUT2D eigenvalue weighted by Crippen LogP contribution is 2.55. The number of hydrazone groups is 1. The van der Waals surface area contributed by atoms with Crippen LogP contribution in [-0.4, -0.2) is 16.7 Å². The quantitative estimate of drug-likeness (QED) is 0.114. The number of nitrogens with zero attached hydrogens (tertiary/aromatic N) is 2. The van der Waals surface area contributed by atoms with Crippen molar-refractivity contribution in [3.63, 3.8) is 0 Å². The minimum absolute atomic E-state index is 0.0384. The molecule has 1 aliphatic carbocycles. The number of amides is 1. The van der Waals surface area contributed by atoms with Crippen molar-refractivity contribution in [1.29, 1.82) is 0 Å². The Bertz CT molecular complexity index is 1230. The molecular formula is C23H21F5N6O. The Morgan fingerprint density at radius 2 is 1.86 bits per heavy atom. The maximum atomic E-state index is 14.0. The second kappa shape index (κ2) is 9.66. The van der Waals surface area contributed by atoms with E-state index < -0.39 is 34.8 Å². The molecule has 0 spiro atoms. The number of nitrogens with two attached hydrogens (primary N) is 2. The standard InChI is InChI=1S/C23H21F5N6O/c1-12(24)9-18(13(2)25)22(7-8-22)21(35)32-15-4-5-16(17(10-15)20(33-29)34-30)14-3-6-19(31-11-14)23(26,27)28/h3-6,9-11H,1-2,7-8,29-30H2,(H,32,35)(H,33,34)/b18-9+. The first-order chi connectivity index (χ1) is 16.4. The molecule has 35 heavy (non-hydrogen) atoms. The molecule has 2 aromatic rings. The van der Waals surface area contributed by atoms with Gasteiger partial charge in [-0.25, -0.2) is 14.6 Å². The van der Waals surface area contributed by atoms with E-state index in [1.807, 2.05) is 0 Å². The fraction of sp³-hybridized carbons (Fsp3) is 0.174. The summed E-state index contributed by atoms with van der Waals surface area (Å²) in [5, 5.41) is 6.17. The zero-order chi connectivity index (χ0) is 26.0. The van der Waals surface area contributed by atoms with Gasteiger partial charge in [-0.2, -0.15) is 18.3 Å². The van der Waals surface area contributed by atoms with E-state index in [-0.39, 0.29) is 35.5 Å². The molecule has 1 heterocycles. The Kier molecular flexibility index (Phi) is 7.06. The Balaban J connectivity index is 1.98. The molecule has 1 aromatic carbocycles. The molecule has 1 saturated carbocycles. The molecule has 1 aliphatic rings.